The molecule has 9 heteroatoms. The molecule has 8 nitrogen and oxygen atoms in total. The van der Waals surface area contributed by atoms with Crippen LogP contribution in [0.5, 0.6) is 0 Å². The Morgan fingerprint density at radius 3 is 2.30 bits per heavy atom. The van der Waals surface area contributed by atoms with Crippen molar-refractivity contribution in [3.05, 3.63) is 69.6 Å². The van der Waals surface area contributed by atoms with Crippen LogP contribution < -0.4 is 10.7 Å². The van der Waals surface area contributed by atoms with E-state index in [1.54, 1.807) is 6.07 Å². The molecule has 0 spiro atoms. The van der Waals surface area contributed by atoms with Gasteiger partial charge in [-0.15, -0.1) is 0 Å². The number of nitrogens with one attached hydrogen (secondary N) is 1. The summed E-state index contributed by atoms with van der Waals surface area (Å²) in [5.41, 5.74) is 2.14. The highest BCUT2D eigenvalue weighted by atomic mass is 32.2. The Kier molecular flexibility index (Phi) is 6.13. The average molecular weight is 471 g/mol. The number of anilines is 1. The highest BCUT2D eigenvalue weighted by molar-refractivity contribution is 7.89. The molecule has 2 atom stereocenters. The number of amides is 1. The number of ether oxygens (including phenoxy) is 1. The van der Waals surface area contributed by atoms with Gasteiger partial charge in [0.25, 0.3) is 5.91 Å². The Morgan fingerprint density at radius 1 is 1.03 bits per heavy atom. The first-order valence-electron chi connectivity index (χ1n) is 10.7. The summed E-state index contributed by atoms with van der Waals surface area (Å²) in [5.74, 6) is -0.715. The molecule has 1 N–H and O–H groups in total. The molecule has 4 rings (SSSR count). The third-order valence-electron chi connectivity index (χ3n) is 5.52. The SMILES string of the molecule is Cc1cc(C)c2oc(C(=O)Nc3ccc(S(=O)(=O)N4C[C@@H](C)O[C@H](C)C4)cc3)cc(=O)c2c1. The number of carbonyl (C=O) groups is 1. The first-order valence-corrected chi connectivity index (χ1v) is 12.1. The van der Waals surface area contributed by atoms with E-state index < -0.39 is 15.9 Å². The van der Waals surface area contributed by atoms with E-state index in [0.29, 0.717) is 16.7 Å². The molecule has 1 fully saturated rings. The lowest BCUT2D eigenvalue weighted by Gasteiger charge is -2.34. The van der Waals surface area contributed by atoms with E-state index in [4.69, 9.17) is 9.15 Å². The highest BCUT2D eigenvalue weighted by Gasteiger charge is 2.32. The molecule has 1 aromatic heterocycles. The lowest BCUT2D eigenvalue weighted by Crippen LogP contribution is -2.48. The topological polar surface area (TPSA) is 106 Å². The van der Waals surface area contributed by atoms with Crippen molar-refractivity contribution in [2.45, 2.75) is 44.8 Å². The number of nitrogens with zero attached hydrogens (tertiary/aromatic N) is 1. The van der Waals surface area contributed by atoms with E-state index in [0.717, 1.165) is 17.2 Å². The van der Waals surface area contributed by atoms with Crippen LogP contribution in [0.3, 0.4) is 0 Å². The Balaban J connectivity index is 1.55. The number of aryl methyl sites for hydroxylation is 2. The minimum atomic E-state index is -3.68. The van der Waals surface area contributed by atoms with Gasteiger partial charge in [-0.05, 0) is 69.2 Å². The van der Waals surface area contributed by atoms with Crippen molar-refractivity contribution in [1.29, 1.82) is 0 Å². The van der Waals surface area contributed by atoms with Crippen LogP contribution in [0.4, 0.5) is 5.69 Å². The first-order chi connectivity index (χ1) is 15.5. The van der Waals surface area contributed by atoms with Gasteiger partial charge in [-0.25, -0.2) is 8.42 Å². The number of rotatable bonds is 4. The fraction of sp³-hybridized carbons (Fsp3) is 0.333. The number of carbonyl (C=O) groups excluding carboxylic acids is 1. The maximum absolute atomic E-state index is 13.0. The smallest absolute Gasteiger partial charge is 0.291 e. The van der Waals surface area contributed by atoms with Gasteiger partial charge in [0.1, 0.15) is 5.58 Å². The van der Waals surface area contributed by atoms with Crippen molar-refractivity contribution in [2.75, 3.05) is 18.4 Å². The first kappa shape index (κ1) is 23.2. The molecular weight excluding hydrogens is 444 g/mol. The van der Waals surface area contributed by atoms with Crippen molar-refractivity contribution in [2.24, 2.45) is 0 Å². The Morgan fingerprint density at radius 2 is 1.67 bits per heavy atom. The van der Waals surface area contributed by atoms with Crippen molar-refractivity contribution in [3.8, 4) is 0 Å². The second-order valence-electron chi connectivity index (χ2n) is 8.49. The molecular formula is C24H26N2O6S. The monoisotopic (exact) mass is 470 g/mol. The maximum atomic E-state index is 13.0. The number of fused-ring (bicyclic) bond motifs is 1. The molecule has 0 radical (unpaired) electrons. The quantitative estimate of drug-likeness (QED) is 0.626. The molecule has 0 unspecified atom stereocenters. The molecule has 1 saturated heterocycles. The predicted molar refractivity (Wildman–Crippen MR) is 125 cm³/mol. The number of hydrogen-bond acceptors (Lipinski definition) is 6. The zero-order valence-electron chi connectivity index (χ0n) is 18.9. The van der Waals surface area contributed by atoms with Gasteiger partial charge in [0.2, 0.25) is 10.0 Å². The molecule has 0 bridgehead atoms. The average Bonchev–Trinajstić information content (AvgIpc) is 2.74. The third-order valence-corrected chi connectivity index (χ3v) is 7.36. The molecule has 174 valence electrons. The Labute approximate surface area is 192 Å². The van der Waals surface area contributed by atoms with Crippen LogP contribution >= 0.6 is 0 Å². The standard InChI is InChI=1S/C24H26N2O6S/c1-14-9-15(2)23-20(10-14)21(27)11-22(32-23)24(28)25-18-5-7-19(8-6-18)33(29,30)26-12-16(3)31-17(4)13-26/h5-11,16-17H,12-13H2,1-4H3,(H,25,28)/t16-,17-/m1/s1. The fourth-order valence-corrected chi connectivity index (χ4v) is 5.69. The van der Waals surface area contributed by atoms with Gasteiger partial charge in [-0.3, -0.25) is 9.59 Å². The highest BCUT2D eigenvalue weighted by Crippen LogP contribution is 2.23. The van der Waals surface area contributed by atoms with E-state index in [1.807, 2.05) is 33.8 Å². The van der Waals surface area contributed by atoms with Crippen LogP contribution in [0.2, 0.25) is 0 Å². The predicted octanol–water partition coefficient (Wildman–Crippen LogP) is 3.46. The van der Waals surface area contributed by atoms with Gasteiger partial charge in [-0.1, -0.05) is 6.07 Å². The number of morpholine rings is 1. The van der Waals surface area contributed by atoms with Crippen LogP contribution in [0.15, 0.2) is 56.6 Å². The Hall–Kier alpha value is -3.01. The van der Waals surface area contributed by atoms with Gasteiger partial charge >= 0.3 is 0 Å². The van der Waals surface area contributed by atoms with Gasteiger partial charge in [0.15, 0.2) is 11.2 Å². The summed E-state index contributed by atoms with van der Waals surface area (Å²) in [4.78, 5) is 25.3. The van der Waals surface area contributed by atoms with E-state index in [1.165, 1.54) is 28.6 Å². The number of benzene rings is 2. The zero-order valence-corrected chi connectivity index (χ0v) is 19.7. The largest absolute Gasteiger partial charge is 0.450 e. The Bertz CT molecular complexity index is 1370. The van der Waals surface area contributed by atoms with Crippen molar-refractivity contribution in [3.63, 3.8) is 0 Å². The van der Waals surface area contributed by atoms with Crippen LogP contribution in [0.1, 0.15) is 35.5 Å². The van der Waals surface area contributed by atoms with Crippen LogP contribution in [0.25, 0.3) is 11.0 Å². The third kappa shape index (κ3) is 4.71. The lowest BCUT2D eigenvalue weighted by atomic mass is 10.1. The molecule has 1 aliphatic heterocycles. The lowest BCUT2D eigenvalue weighted by molar-refractivity contribution is -0.0440. The molecule has 3 aromatic rings. The van der Waals surface area contributed by atoms with Crippen molar-refractivity contribution in [1.82, 2.24) is 4.31 Å². The number of hydrogen-bond donors (Lipinski definition) is 1. The second kappa shape index (κ2) is 8.74. The molecule has 1 aliphatic rings. The van der Waals surface area contributed by atoms with E-state index in [9.17, 15) is 18.0 Å². The number of sulfonamides is 1. The van der Waals surface area contributed by atoms with E-state index in [-0.39, 0.29) is 41.4 Å². The summed E-state index contributed by atoms with van der Waals surface area (Å²) in [6.45, 7) is 7.94. The molecule has 0 aliphatic carbocycles. The molecule has 2 heterocycles. The molecule has 2 aromatic carbocycles. The van der Waals surface area contributed by atoms with Crippen LogP contribution in [-0.4, -0.2) is 43.9 Å². The zero-order chi connectivity index (χ0) is 23.9. The minimum absolute atomic E-state index is 0.118. The minimum Gasteiger partial charge on any atom is -0.450 e. The van der Waals surface area contributed by atoms with Gasteiger partial charge in [0.05, 0.1) is 22.5 Å². The van der Waals surface area contributed by atoms with E-state index in [2.05, 4.69) is 5.32 Å². The van der Waals surface area contributed by atoms with Crippen LogP contribution in [-0.2, 0) is 14.8 Å². The van der Waals surface area contributed by atoms with Gasteiger partial charge < -0.3 is 14.5 Å². The summed E-state index contributed by atoms with van der Waals surface area (Å²) in [6.07, 6.45) is -0.377. The van der Waals surface area contributed by atoms with Gasteiger partial charge in [-0.2, -0.15) is 4.31 Å². The summed E-state index contributed by atoms with van der Waals surface area (Å²) in [7, 11) is -3.68. The fourth-order valence-electron chi connectivity index (χ4n) is 4.10. The summed E-state index contributed by atoms with van der Waals surface area (Å²) < 4.78 is 38.7. The molecule has 0 saturated carbocycles. The summed E-state index contributed by atoms with van der Waals surface area (Å²) in [5, 5.41) is 3.07. The maximum Gasteiger partial charge on any atom is 0.291 e. The molecule has 33 heavy (non-hydrogen) atoms. The van der Waals surface area contributed by atoms with Crippen LogP contribution in [0, 0.1) is 13.8 Å². The second-order valence-corrected chi connectivity index (χ2v) is 10.4. The van der Waals surface area contributed by atoms with Crippen molar-refractivity contribution < 1.29 is 22.4 Å². The molecule has 1 amide bonds. The van der Waals surface area contributed by atoms with Crippen molar-refractivity contribution >= 4 is 32.6 Å². The normalized spacial score (nSPS) is 19.5. The summed E-state index contributed by atoms with van der Waals surface area (Å²) in [6, 6.07) is 10.7. The van der Waals surface area contributed by atoms with E-state index >= 15 is 0 Å². The summed E-state index contributed by atoms with van der Waals surface area (Å²) >= 11 is 0. The van der Waals surface area contributed by atoms with Gasteiger partial charge in [0, 0.05) is 24.8 Å².